The molecular weight excluding hydrogens is 398 g/mol. The van der Waals surface area contributed by atoms with Gasteiger partial charge in [0.05, 0.1) is 6.54 Å². The van der Waals surface area contributed by atoms with Crippen LogP contribution in [0.2, 0.25) is 0 Å². The van der Waals surface area contributed by atoms with Gasteiger partial charge in [0, 0.05) is 43.5 Å². The second kappa shape index (κ2) is 8.98. The molecule has 31 heavy (non-hydrogen) atoms. The third-order valence-electron chi connectivity index (χ3n) is 5.74. The van der Waals surface area contributed by atoms with Gasteiger partial charge in [0.15, 0.2) is 17.3 Å². The lowest BCUT2D eigenvalue weighted by Gasteiger charge is -2.25. The van der Waals surface area contributed by atoms with Crippen LogP contribution >= 0.6 is 0 Å². The maximum Gasteiger partial charge on any atom is 0.274 e. The summed E-state index contributed by atoms with van der Waals surface area (Å²) >= 11 is 0. The van der Waals surface area contributed by atoms with Crippen LogP contribution in [0.25, 0.3) is 0 Å². The summed E-state index contributed by atoms with van der Waals surface area (Å²) in [4.78, 5) is 14.3. The highest BCUT2D eigenvalue weighted by atomic mass is 19.2. The van der Waals surface area contributed by atoms with E-state index >= 15 is 0 Å². The fourth-order valence-corrected chi connectivity index (χ4v) is 4.07. The Labute approximate surface area is 180 Å². The Morgan fingerprint density at radius 2 is 1.94 bits per heavy atom. The molecule has 1 aromatic heterocycles. The molecule has 1 aliphatic carbocycles. The molecule has 1 atom stereocenters. The molecule has 162 valence electrons. The largest absolute Gasteiger partial charge is 0.343 e. The Kier molecular flexibility index (Phi) is 6.13. The lowest BCUT2D eigenvalue weighted by Crippen LogP contribution is -2.35. The number of benzene rings is 2. The third kappa shape index (κ3) is 4.51. The average molecular weight is 424 g/mol. The molecule has 5 nitrogen and oxygen atoms in total. The summed E-state index contributed by atoms with van der Waals surface area (Å²) < 4.78 is 29.4. The van der Waals surface area contributed by atoms with Crippen molar-refractivity contribution in [2.75, 3.05) is 14.1 Å². The molecular formula is C24H26F2N4O. The molecule has 0 bridgehead atoms. The Morgan fingerprint density at radius 1 is 1.16 bits per heavy atom. The van der Waals surface area contributed by atoms with Crippen LogP contribution in [0.4, 0.5) is 8.78 Å². The van der Waals surface area contributed by atoms with Crippen molar-refractivity contribution in [1.29, 1.82) is 0 Å². The molecule has 0 saturated heterocycles. The first-order valence-electron chi connectivity index (χ1n) is 10.4. The van der Waals surface area contributed by atoms with Gasteiger partial charge in [-0.3, -0.25) is 9.48 Å². The minimum atomic E-state index is -0.841. The number of nitrogens with one attached hydrogen (secondary N) is 1. The number of hydrogen-bond donors (Lipinski definition) is 1. The molecule has 1 unspecified atom stereocenters. The van der Waals surface area contributed by atoms with E-state index in [2.05, 4.69) is 10.4 Å². The van der Waals surface area contributed by atoms with Gasteiger partial charge in [-0.15, -0.1) is 0 Å². The second-order valence-corrected chi connectivity index (χ2v) is 8.15. The highest BCUT2D eigenvalue weighted by Gasteiger charge is 2.30. The van der Waals surface area contributed by atoms with Gasteiger partial charge in [-0.1, -0.05) is 42.5 Å². The highest BCUT2D eigenvalue weighted by Crippen LogP contribution is 2.27. The number of nitrogens with zero attached hydrogens (tertiary/aromatic N) is 3. The monoisotopic (exact) mass is 424 g/mol. The number of halogens is 2. The van der Waals surface area contributed by atoms with Gasteiger partial charge in [-0.05, 0) is 30.9 Å². The molecule has 0 fully saturated rings. The molecule has 0 spiro atoms. The Hall–Kier alpha value is -3.06. The number of hydrogen-bond acceptors (Lipinski definition) is 3. The maximum atomic E-state index is 14.0. The number of aromatic nitrogens is 2. The average Bonchev–Trinajstić information content (AvgIpc) is 3.12. The first kappa shape index (κ1) is 21.2. The molecule has 1 aliphatic rings. The molecule has 0 radical (unpaired) electrons. The molecule has 1 N–H and O–H groups in total. The maximum absolute atomic E-state index is 14.0. The van der Waals surface area contributed by atoms with Gasteiger partial charge in [0.25, 0.3) is 5.91 Å². The van der Waals surface area contributed by atoms with Crippen LogP contribution in [0, 0.1) is 11.6 Å². The van der Waals surface area contributed by atoms with Gasteiger partial charge in [-0.2, -0.15) is 5.10 Å². The lowest BCUT2D eigenvalue weighted by molar-refractivity contribution is 0.0820. The van der Waals surface area contributed by atoms with Crippen molar-refractivity contribution in [2.45, 2.75) is 38.4 Å². The minimum absolute atomic E-state index is 0.0539. The summed E-state index contributed by atoms with van der Waals surface area (Å²) in [6, 6.07) is 14.3. The van der Waals surface area contributed by atoms with Gasteiger partial charge < -0.3 is 10.2 Å². The minimum Gasteiger partial charge on any atom is -0.343 e. The fourth-order valence-electron chi connectivity index (χ4n) is 4.07. The van der Waals surface area contributed by atoms with Crippen molar-refractivity contribution in [3.63, 3.8) is 0 Å². The molecule has 3 aromatic rings. The van der Waals surface area contributed by atoms with E-state index in [4.69, 9.17) is 0 Å². The van der Waals surface area contributed by atoms with E-state index in [9.17, 15) is 13.6 Å². The number of carbonyl (C=O) groups excluding carboxylic acids is 1. The van der Waals surface area contributed by atoms with E-state index in [1.807, 2.05) is 35.0 Å². The Morgan fingerprint density at radius 3 is 2.68 bits per heavy atom. The van der Waals surface area contributed by atoms with Crippen molar-refractivity contribution in [1.82, 2.24) is 20.0 Å². The Bertz CT molecular complexity index is 1080. The molecule has 0 saturated carbocycles. The second-order valence-electron chi connectivity index (χ2n) is 8.15. The van der Waals surface area contributed by atoms with Gasteiger partial charge in [0.1, 0.15) is 0 Å². The van der Waals surface area contributed by atoms with E-state index in [1.165, 1.54) is 11.0 Å². The molecule has 2 aromatic carbocycles. The number of carbonyl (C=O) groups is 1. The van der Waals surface area contributed by atoms with Gasteiger partial charge >= 0.3 is 0 Å². The predicted octanol–water partition coefficient (Wildman–Crippen LogP) is 3.56. The van der Waals surface area contributed by atoms with Crippen LogP contribution in [-0.4, -0.2) is 40.7 Å². The summed E-state index contributed by atoms with van der Waals surface area (Å²) in [7, 11) is 3.44. The first-order chi connectivity index (χ1) is 14.9. The summed E-state index contributed by atoms with van der Waals surface area (Å²) in [6.07, 6.45) is 2.22. The smallest absolute Gasteiger partial charge is 0.274 e. The van der Waals surface area contributed by atoms with Crippen LogP contribution in [0.1, 0.15) is 39.3 Å². The van der Waals surface area contributed by atoms with Crippen molar-refractivity contribution < 1.29 is 13.6 Å². The number of rotatable bonds is 6. The zero-order chi connectivity index (χ0) is 22.0. The number of fused-ring (bicyclic) bond motifs is 1. The van der Waals surface area contributed by atoms with E-state index in [-0.39, 0.29) is 18.5 Å². The quantitative estimate of drug-likeness (QED) is 0.658. The zero-order valence-corrected chi connectivity index (χ0v) is 17.7. The summed E-state index contributed by atoms with van der Waals surface area (Å²) in [5, 5.41) is 8.01. The van der Waals surface area contributed by atoms with Crippen LogP contribution in [-0.2, 0) is 25.9 Å². The van der Waals surface area contributed by atoms with Crippen molar-refractivity contribution in [3.8, 4) is 0 Å². The van der Waals surface area contributed by atoms with Crippen LogP contribution in [0.5, 0.6) is 0 Å². The van der Waals surface area contributed by atoms with E-state index in [1.54, 1.807) is 20.2 Å². The van der Waals surface area contributed by atoms with Crippen molar-refractivity contribution >= 4 is 5.91 Å². The molecule has 7 heteroatoms. The van der Waals surface area contributed by atoms with Crippen LogP contribution < -0.4 is 5.32 Å². The topological polar surface area (TPSA) is 50.2 Å². The third-order valence-corrected chi connectivity index (χ3v) is 5.74. The van der Waals surface area contributed by atoms with Crippen LogP contribution in [0.3, 0.4) is 0 Å². The molecule has 1 amide bonds. The fraction of sp³-hybridized carbons (Fsp3) is 0.333. The standard InChI is InChI=1S/C24H26F2N4O/c1-29(2)24(31)23-19-13-18(27-14-17-9-6-10-20(25)22(17)26)11-12-21(19)30(28-23)15-16-7-4-3-5-8-16/h3-10,18,27H,11-15H2,1-2H3. The normalized spacial score (nSPS) is 15.5. The van der Waals surface area contributed by atoms with Crippen LogP contribution in [0.15, 0.2) is 48.5 Å². The first-order valence-corrected chi connectivity index (χ1v) is 10.4. The van der Waals surface area contributed by atoms with Gasteiger partial charge in [0.2, 0.25) is 0 Å². The predicted molar refractivity (Wildman–Crippen MR) is 115 cm³/mol. The van der Waals surface area contributed by atoms with Crippen molar-refractivity contribution in [2.24, 2.45) is 0 Å². The van der Waals surface area contributed by atoms with Crippen molar-refractivity contribution in [3.05, 3.63) is 88.2 Å². The summed E-state index contributed by atoms with van der Waals surface area (Å²) in [6.45, 7) is 0.842. The molecule has 0 aliphatic heterocycles. The Balaban J connectivity index is 1.56. The SMILES string of the molecule is CN(C)C(=O)c1nn(Cc2ccccc2)c2c1CC(NCc1cccc(F)c1F)CC2. The molecule has 4 rings (SSSR count). The van der Waals surface area contributed by atoms with Gasteiger partial charge in [-0.25, -0.2) is 8.78 Å². The van der Waals surface area contributed by atoms with E-state index in [0.29, 0.717) is 24.2 Å². The zero-order valence-electron chi connectivity index (χ0n) is 17.7. The summed E-state index contributed by atoms with van der Waals surface area (Å²) in [5.74, 6) is -1.78. The summed E-state index contributed by atoms with van der Waals surface area (Å²) in [5.41, 5.74) is 3.91. The van der Waals surface area contributed by atoms with E-state index in [0.717, 1.165) is 35.7 Å². The highest BCUT2D eigenvalue weighted by molar-refractivity contribution is 5.93. The molecule has 1 heterocycles. The van der Waals surface area contributed by atoms with E-state index < -0.39 is 11.6 Å². The number of amides is 1. The lowest BCUT2D eigenvalue weighted by atomic mass is 9.91.